The van der Waals surface area contributed by atoms with E-state index < -0.39 is 5.97 Å². The monoisotopic (exact) mass is 184 g/mol. The fourth-order valence-corrected chi connectivity index (χ4v) is 0.757. The first kappa shape index (κ1) is 15.5. The van der Waals surface area contributed by atoms with Crippen LogP contribution >= 0.6 is 0 Å². The number of benzene rings is 1. The molecule has 0 saturated carbocycles. The molecule has 0 bridgehead atoms. The van der Waals surface area contributed by atoms with E-state index in [9.17, 15) is 0 Å². The quantitative estimate of drug-likeness (QED) is 0.497. The maximum atomic E-state index is 8.89. The van der Waals surface area contributed by atoms with E-state index in [2.05, 4.69) is 18.2 Å². The smallest absolute Gasteiger partial charge is 0.550 e. The van der Waals surface area contributed by atoms with Crippen LogP contribution in [0.5, 0.6) is 0 Å². The molecular weight excluding hydrogens is 171 g/mol. The molecule has 0 atom stereocenters. The van der Waals surface area contributed by atoms with Crippen LogP contribution in [0, 0.1) is 0 Å². The van der Waals surface area contributed by atoms with Crippen molar-refractivity contribution in [1.82, 2.24) is 0 Å². The van der Waals surface area contributed by atoms with Crippen LogP contribution in [0.4, 0.5) is 0 Å². The van der Waals surface area contributed by atoms with Gasteiger partial charge < -0.3 is 9.90 Å². The predicted octanol–water partition coefficient (Wildman–Crippen LogP) is -1.52. The summed E-state index contributed by atoms with van der Waals surface area (Å²) in [5.41, 5.74) is 1.26. The molecule has 0 aliphatic carbocycles. The molecule has 1 aromatic rings. The van der Waals surface area contributed by atoms with Gasteiger partial charge in [-0.25, -0.2) is 0 Å². The molecule has 0 amide bonds. The summed E-state index contributed by atoms with van der Waals surface area (Å²) < 4.78 is 0. The molecule has 0 saturated heterocycles. The minimum atomic E-state index is -1.08. The SMILES string of the molecule is CC(=O)[O-].CC=Cc1ccccc1.[Li+]. The first-order valence-electron chi connectivity index (χ1n) is 4.02. The van der Waals surface area contributed by atoms with Gasteiger partial charge in [-0.2, -0.15) is 0 Å². The van der Waals surface area contributed by atoms with Crippen molar-refractivity contribution in [3.05, 3.63) is 42.0 Å². The summed E-state index contributed by atoms with van der Waals surface area (Å²) in [5.74, 6) is -1.08. The maximum absolute atomic E-state index is 8.89. The number of allylic oxidation sites excluding steroid dienone is 1. The van der Waals surface area contributed by atoms with Crippen LogP contribution in [-0.4, -0.2) is 5.97 Å². The van der Waals surface area contributed by atoms with E-state index in [-0.39, 0.29) is 18.9 Å². The van der Waals surface area contributed by atoms with E-state index in [1.807, 2.05) is 31.2 Å². The summed E-state index contributed by atoms with van der Waals surface area (Å²) in [7, 11) is 0. The summed E-state index contributed by atoms with van der Waals surface area (Å²) in [6.45, 7) is 2.99. The number of carbonyl (C=O) groups excluding carboxylic acids is 1. The van der Waals surface area contributed by atoms with Gasteiger partial charge in [0.2, 0.25) is 0 Å². The molecule has 0 spiro atoms. The van der Waals surface area contributed by atoms with Crippen molar-refractivity contribution in [3.63, 3.8) is 0 Å². The molecule has 0 unspecified atom stereocenters. The van der Waals surface area contributed by atoms with Gasteiger partial charge in [-0.05, 0) is 19.4 Å². The van der Waals surface area contributed by atoms with E-state index in [1.54, 1.807) is 0 Å². The van der Waals surface area contributed by atoms with Crippen LogP contribution in [0.1, 0.15) is 19.4 Å². The number of hydrogen-bond donors (Lipinski definition) is 0. The molecule has 0 aliphatic rings. The third-order valence-electron chi connectivity index (χ3n) is 1.16. The zero-order valence-electron chi connectivity index (χ0n) is 8.86. The van der Waals surface area contributed by atoms with Crippen molar-refractivity contribution in [2.24, 2.45) is 0 Å². The van der Waals surface area contributed by atoms with Crippen LogP contribution in [0.3, 0.4) is 0 Å². The Labute approximate surface area is 96.8 Å². The molecule has 0 radical (unpaired) electrons. The molecular formula is C11H13LiO2. The zero-order chi connectivity index (χ0) is 10.1. The van der Waals surface area contributed by atoms with Gasteiger partial charge in [-0.15, -0.1) is 0 Å². The standard InChI is InChI=1S/C9H10.C2H4O2.Li/c1-2-6-9-7-4-3-5-8-9;1-2(3)4;/h2-8H,1H3;1H3,(H,3,4);/q;;+1/p-1. The average molecular weight is 184 g/mol. The van der Waals surface area contributed by atoms with Gasteiger partial charge in [0.05, 0.1) is 0 Å². The summed E-state index contributed by atoms with van der Waals surface area (Å²) >= 11 is 0. The fraction of sp³-hybridized carbons (Fsp3) is 0.182. The van der Waals surface area contributed by atoms with Crippen LogP contribution in [-0.2, 0) is 4.79 Å². The molecule has 0 aliphatic heterocycles. The second-order valence-electron chi connectivity index (χ2n) is 2.40. The second kappa shape index (κ2) is 10.1. The number of rotatable bonds is 1. The van der Waals surface area contributed by atoms with Crippen molar-refractivity contribution < 1.29 is 28.8 Å². The van der Waals surface area contributed by atoms with Gasteiger partial charge >= 0.3 is 18.9 Å². The van der Waals surface area contributed by atoms with Gasteiger partial charge in [0.15, 0.2) is 0 Å². The van der Waals surface area contributed by atoms with E-state index in [0.717, 1.165) is 6.92 Å². The van der Waals surface area contributed by atoms with E-state index in [1.165, 1.54) is 5.56 Å². The average Bonchev–Trinajstić information content (AvgIpc) is 2.06. The van der Waals surface area contributed by atoms with Gasteiger partial charge in [-0.1, -0.05) is 42.5 Å². The minimum Gasteiger partial charge on any atom is -0.550 e. The summed E-state index contributed by atoms with van der Waals surface area (Å²) in [4.78, 5) is 8.89. The largest absolute Gasteiger partial charge is 1.00 e. The minimum absolute atomic E-state index is 0. The molecule has 14 heavy (non-hydrogen) atoms. The van der Waals surface area contributed by atoms with Gasteiger partial charge in [0.1, 0.15) is 0 Å². The Balaban J connectivity index is 0. The van der Waals surface area contributed by atoms with Crippen LogP contribution in [0.15, 0.2) is 36.4 Å². The third kappa shape index (κ3) is 11.0. The van der Waals surface area contributed by atoms with E-state index in [0.29, 0.717) is 0 Å². The van der Waals surface area contributed by atoms with Crippen molar-refractivity contribution in [1.29, 1.82) is 0 Å². The molecule has 1 aromatic carbocycles. The Morgan fingerprint density at radius 3 is 2.07 bits per heavy atom. The Kier molecular flexibility index (Phi) is 11.2. The number of aliphatic carboxylic acids is 1. The molecule has 2 nitrogen and oxygen atoms in total. The predicted molar refractivity (Wildman–Crippen MR) is 51.8 cm³/mol. The maximum Gasteiger partial charge on any atom is 1.00 e. The summed E-state index contributed by atoms with van der Waals surface area (Å²) in [6, 6.07) is 10.3. The van der Waals surface area contributed by atoms with Gasteiger partial charge in [-0.3, -0.25) is 0 Å². The second-order valence-corrected chi connectivity index (χ2v) is 2.40. The Morgan fingerprint density at radius 2 is 1.71 bits per heavy atom. The Morgan fingerprint density at radius 1 is 1.29 bits per heavy atom. The van der Waals surface area contributed by atoms with Crippen LogP contribution in [0.25, 0.3) is 6.08 Å². The molecule has 0 N–H and O–H groups in total. The summed E-state index contributed by atoms with van der Waals surface area (Å²) in [5, 5.41) is 8.89. The molecule has 0 heterocycles. The zero-order valence-corrected chi connectivity index (χ0v) is 8.86. The van der Waals surface area contributed by atoms with Crippen molar-refractivity contribution >= 4 is 12.0 Å². The number of carboxylic acid groups (broad SMARTS) is 1. The molecule has 0 aromatic heterocycles. The normalized spacial score (nSPS) is 8.43. The number of hydrogen-bond acceptors (Lipinski definition) is 2. The van der Waals surface area contributed by atoms with E-state index >= 15 is 0 Å². The first-order chi connectivity index (χ1) is 6.16. The van der Waals surface area contributed by atoms with Crippen LogP contribution < -0.4 is 24.0 Å². The molecule has 1 rings (SSSR count). The Bertz CT molecular complexity index is 264. The number of carboxylic acids is 1. The van der Waals surface area contributed by atoms with Crippen molar-refractivity contribution in [2.45, 2.75) is 13.8 Å². The molecule has 70 valence electrons. The molecule has 3 heteroatoms. The topological polar surface area (TPSA) is 40.1 Å². The number of carbonyl (C=O) groups is 1. The van der Waals surface area contributed by atoms with E-state index in [4.69, 9.17) is 9.90 Å². The van der Waals surface area contributed by atoms with Crippen molar-refractivity contribution in [2.75, 3.05) is 0 Å². The fourth-order valence-electron chi connectivity index (χ4n) is 0.757. The van der Waals surface area contributed by atoms with Crippen molar-refractivity contribution in [3.8, 4) is 0 Å². The van der Waals surface area contributed by atoms with Crippen LogP contribution in [0.2, 0.25) is 0 Å². The first-order valence-corrected chi connectivity index (χ1v) is 4.02. The third-order valence-corrected chi connectivity index (χ3v) is 1.16. The van der Waals surface area contributed by atoms with Gasteiger partial charge in [0, 0.05) is 5.97 Å². The summed E-state index contributed by atoms with van der Waals surface area (Å²) in [6.07, 6.45) is 4.12. The molecule has 0 fully saturated rings. The van der Waals surface area contributed by atoms with Gasteiger partial charge in [0.25, 0.3) is 0 Å². The Hall–Kier alpha value is -0.973.